The highest BCUT2D eigenvalue weighted by molar-refractivity contribution is 7.89. The lowest BCUT2D eigenvalue weighted by Crippen LogP contribution is -2.30. The van der Waals surface area contributed by atoms with Crippen LogP contribution in [-0.4, -0.2) is 30.9 Å². The predicted octanol–water partition coefficient (Wildman–Crippen LogP) is 3.35. The summed E-state index contributed by atoms with van der Waals surface area (Å²) in [5.41, 5.74) is 0.541. The fourth-order valence-electron chi connectivity index (χ4n) is 3.06. The van der Waals surface area contributed by atoms with Crippen molar-refractivity contribution in [3.63, 3.8) is 0 Å². The number of furan rings is 1. The maximum absolute atomic E-state index is 13.4. The zero-order valence-electron chi connectivity index (χ0n) is 15.8. The topological polar surface area (TPSA) is 112 Å². The van der Waals surface area contributed by atoms with Crippen molar-refractivity contribution in [3.8, 4) is 11.5 Å². The number of nitro groups is 1. The molecule has 0 fully saturated rings. The lowest BCUT2D eigenvalue weighted by atomic mass is 10.2. The third kappa shape index (κ3) is 4.14. The average molecular weight is 430 g/mol. The second-order valence-electron chi connectivity index (χ2n) is 6.58. The van der Waals surface area contributed by atoms with Gasteiger partial charge in [-0.1, -0.05) is 12.1 Å². The van der Waals surface area contributed by atoms with Gasteiger partial charge < -0.3 is 13.9 Å². The number of benzene rings is 2. The number of sulfonamides is 1. The fraction of sp³-hybridized carbons (Fsp3) is 0.200. The zero-order chi connectivity index (χ0) is 21.1. The van der Waals surface area contributed by atoms with Crippen LogP contribution in [0.1, 0.15) is 11.3 Å². The molecule has 10 heteroatoms. The molecular formula is C20H18N2O7S. The van der Waals surface area contributed by atoms with Crippen molar-refractivity contribution in [1.82, 2.24) is 4.31 Å². The van der Waals surface area contributed by atoms with Crippen LogP contribution >= 0.6 is 0 Å². The van der Waals surface area contributed by atoms with E-state index >= 15 is 0 Å². The van der Waals surface area contributed by atoms with Crippen LogP contribution in [0.5, 0.6) is 11.5 Å². The summed E-state index contributed by atoms with van der Waals surface area (Å²) < 4.78 is 44.4. The molecule has 0 saturated carbocycles. The zero-order valence-corrected chi connectivity index (χ0v) is 16.6. The second-order valence-corrected chi connectivity index (χ2v) is 8.52. The van der Waals surface area contributed by atoms with Crippen molar-refractivity contribution in [3.05, 3.63) is 82.3 Å². The van der Waals surface area contributed by atoms with E-state index in [9.17, 15) is 18.5 Å². The van der Waals surface area contributed by atoms with Crippen LogP contribution in [0.25, 0.3) is 0 Å². The van der Waals surface area contributed by atoms with Gasteiger partial charge in [-0.25, -0.2) is 8.42 Å². The predicted molar refractivity (Wildman–Crippen MR) is 106 cm³/mol. The Balaban J connectivity index is 1.66. The number of non-ortho nitro benzene ring substituents is 1. The van der Waals surface area contributed by atoms with E-state index in [1.807, 2.05) is 0 Å². The average Bonchev–Trinajstić information content (AvgIpc) is 3.26. The summed E-state index contributed by atoms with van der Waals surface area (Å²) in [5, 5.41) is 10.9. The third-order valence-electron chi connectivity index (χ3n) is 4.57. The maximum atomic E-state index is 13.4. The molecule has 2 heterocycles. The van der Waals surface area contributed by atoms with Crippen LogP contribution in [0.3, 0.4) is 0 Å². The molecule has 0 radical (unpaired) electrons. The molecule has 1 aromatic heterocycles. The van der Waals surface area contributed by atoms with E-state index in [1.165, 1.54) is 47.0 Å². The standard InChI is InChI=1S/C20H18N2O7S/c23-22(24)16-5-3-15(4-6-16)13-21(14-17-2-1-9-27-17)30(25,26)18-7-8-19-20(12-18)29-11-10-28-19/h1-9,12H,10-11,13-14H2. The highest BCUT2D eigenvalue weighted by Gasteiger charge is 2.28. The number of hydrogen-bond acceptors (Lipinski definition) is 7. The lowest BCUT2D eigenvalue weighted by Gasteiger charge is -2.23. The minimum atomic E-state index is -3.93. The fourth-order valence-corrected chi connectivity index (χ4v) is 4.47. The van der Waals surface area contributed by atoms with Gasteiger partial charge in [0.1, 0.15) is 19.0 Å². The highest BCUT2D eigenvalue weighted by Crippen LogP contribution is 2.34. The molecule has 0 saturated heterocycles. The molecular weight excluding hydrogens is 412 g/mol. The van der Waals surface area contributed by atoms with Gasteiger partial charge >= 0.3 is 0 Å². The molecule has 1 aliphatic rings. The van der Waals surface area contributed by atoms with Crippen LogP contribution in [0.4, 0.5) is 5.69 Å². The largest absolute Gasteiger partial charge is 0.486 e. The number of fused-ring (bicyclic) bond motifs is 1. The molecule has 156 valence electrons. The van der Waals surface area contributed by atoms with Crippen molar-refractivity contribution in [2.45, 2.75) is 18.0 Å². The molecule has 0 amide bonds. The quantitative estimate of drug-likeness (QED) is 0.417. The van der Waals surface area contributed by atoms with Gasteiger partial charge in [0.25, 0.3) is 5.69 Å². The monoisotopic (exact) mass is 430 g/mol. The van der Waals surface area contributed by atoms with Gasteiger partial charge in [-0.05, 0) is 29.8 Å². The minimum absolute atomic E-state index is 0.000757. The molecule has 0 N–H and O–H groups in total. The van der Waals surface area contributed by atoms with Crippen molar-refractivity contribution in [2.75, 3.05) is 13.2 Å². The van der Waals surface area contributed by atoms with E-state index in [0.717, 1.165) is 0 Å². The summed E-state index contributed by atoms with van der Waals surface area (Å²) in [6.07, 6.45) is 1.47. The Bertz CT molecular complexity index is 1140. The number of rotatable bonds is 7. The first kappa shape index (κ1) is 19.9. The van der Waals surface area contributed by atoms with E-state index in [2.05, 4.69) is 0 Å². The van der Waals surface area contributed by atoms with Crippen molar-refractivity contribution < 1.29 is 27.2 Å². The van der Waals surface area contributed by atoms with Gasteiger partial charge in [0.05, 0.1) is 22.6 Å². The molecule has 2 aromatic carbocycles. The van der Waals surface area contributed by atoms with Crippen LogP contribution in [-0.2, 0) is 23.1 Å². The molecule has 30 heavy (non-hydrogen) atoms. The summed E-state index contributed by atoms with van der Waals surface area (Å²) in [4.78, 5) is 10.4. The molecule has 1 aliphatic heterocycles. The number of nitrogens with zero attached hydrogens (tertiary/aromatic N) is 2. The summed E-state index contributed by atoms with van der Waals surface area (Å²) in [7, 11) is -3.93. The van der Waals surface area contributed by atoms with Crippen molar-refractivity contribution in [2.24, 2.45) is 0 Å². The van der Waals surface area contributed by atoms with Crippen LogP contribution in [0, 0.1) is 10.1 Å². The van der Waals surface area contributed by atoms with E-state index in [-0.39, 0.29) is 23.7 Å². The first-order valence-electron chi connectivity index (χ1n) is 9.09. The molecule has 4 rings (SSSR count). The van der Waals surface area contributed by atoms with E-state index in [0.29, 0.717) is 36.0 Å². The van der Waals surface area contributed by atoms with Crippen molar-refractivity contribution >= 4 is 15.7 Å². The van der Waals surface area contributed by atoms with Gasteiger partial charge in [-0.15, -0.1) is 0 Å². The van der Waals surface area contributed by atoms with Crippen LogP contribution < -0.4 is 9.47 Å². The van der Waals surface area contributed by atoms with Gasteiger partial charge in [0.15, 0.2) is 11.5 Å². The Labute approximate surface area is 172 Å². The summed E-state index contributed by atoms with van der Waals surface area (Å²) in [6, 6.07) is 13.6. The Kier molecular flexibility index (Phi) is 5.42. The summed E-state index contributed by atoms with van der Waals surface area (Å²) in [5.74, 6) is 1.33. The van der Waals surface area contributed by atoms with Crippen LogP contribution in [0.2, 0.25) is 0 Å². The Morgan fingerprint density at radius 2 is 1.70 bits per heavy atom. The molecule has 9 nitrogen and oxygen atoms in total. The Morgan fingerprint density at radius 1 is 0.967 bits per heavy atom. The van der Waals surface area contributed by atoms with Gasteiger partial charge in [0.2, 0.25) is 10.0 Å². The van der Waals surface area contributed by atoms with Crippen LogP contribution in [0.15, 0.2) is 70.2 Å². The minimum Gasteiger partial charge on any atom is -0.486 e. The second kappa shape index (κ2) is 8.17. The molecule has 0 spiro atoms. The number of ether oxygens (including phenoxy) is 2. The Morgan fingerprint density at radius 3 is 2.37 bits per heavy atom. The molecule has 0 bridgehead atoms. The molecule has 0 atom stereocenters. The Hall–Kier alpha value is -3.37. The van der Waals surface area contributed by atoms with Gasteiger partial charge in [0, 0.05) is 24.7 Å². The number of hydrogen-bond donors (Lipinski definition) is 0. The van der Waals surface area contributed by atoms with Gasteiger partial charge in [-0.3, -0.25) is 10.1 Å². The molecule has 0 unspecified atom stereocenters. The summed E-state index contributed by atoms with van der Waals surface area (Å²) >= 11 is 0. The summed E-state index contributed by atoms with van der Waals surface area (Å²) in [6.45, 7) is 0.759. The third-order valence-corrected chi connectivity index (χ3v) is 6.36. The van der Waals surface area contributed by atoms with E-state index in [1.54, 1.807) is 18.2 Å². The SMILES string of the molecule is O=[N+]([O-])c1ccc(CN(Cc2ccco2)S(=O)(=O)c2ccc3c(c2)OCCO3)cc1. The smallest absolute Gasteiger partial charge is 0.269 e. The van der Waals surface area contributed by atoms with Crippen molar-refractivity contribution in [1.29, 1.82) is 0 Å². The van der Waals surface area contributed by atoms with E-state index in [4.69, 9.17) is 13.9 Å². The van der Waals surface area contributed by atoms with Gasteiger partial charge in [-0.2, -0.15) is 4.31 Å². The maximum Gasteiger partial charge on any atom is 0.269 e. The first-order valence-corrected chi connectivity index (χ1v) is 10.5. The lowest BCUT2D eigenvalue weighted by molar-refractivity contribution is -0.384. The first-order chi connectivity index (χ1) is 14.4. The molecule has 3 aromatic rings. The normalized spacial score (nSPS) is 13.4. The number of nitro benzene ring substituents is 1. The molecule has 0 aliphatic carbocycles. The van der Waals surface area contributed by atoms with E-state index < -0.39 is 14.9 Å². The highest BCUT2D eigenvalue weighted by atomic mass is 32.2.